The van der Waals surface area contributed by atoms with Crippen molar-refractivity contribution in [3.05, 3.63) is 33.8 Å². The third-order valence-electron chi connectivity index (χ3n) is 2.50. The second-order valence-corrected chi connectivity index (χ2v) is 6.59. The molecule has 0 saturated heterocycles. The van der Waals surface area contributed by atoms with Crippen LogP contribution in [-0.2, 0) is 10.6 Å². The highest BCUT2D eigenvalue weighted by molar-refractivity contribution is 8.13. The lowest BCUT2D eigenvalue weighted by molar-refractivity contribution is 0.0152. The van der Waals surface area contributed by atoms with Crippen LogP contribution in [-0.4, -0.2) is 16.5 Å². The molecule has 1 aromatic rings. The lowest BCUT2D eigenvalue weighted by Crippen LogP contribution is -2.26. The van der Waals surface area contributed by atoms with E-state index in [4.69, 9.17) is 39.6 Å². The van der Waals surface area contributed by atoms with Gasteiger partial charge in [-0.2, -0.15) is 0 Å². The highest BCUT2D eigenvalue weighted by Gasteiger charge is 2.33. The topological polar surface area (TPSA) is 21.6 Å². The summed E-state index contributed by atoms with van der Waals surface area (Å²) in [6.07, 6.45) is 0.746. The van der Waals surface area contributed by atoms with Crippen LogP contribution in [0, 0.1) is 0 Å². The highest BCUT2D eigenvalue weighted by atomic mass is 35.5. The molecule has 1 heterocycles. The maximum Gasteiger partial charge on any atom is 0.154 e. The molecule has 1 aromatic carbocycles. The molecule has 0 radical (unpaired) electrons. The third-order valence-corrected chi connectivity index (χ3v) is 4.54. The van der Waals surface area contributed by atoms with Crippen LogP contribution in [0.5, 0.6) is 0 Å². The van der Waals surface area contributed by atoms with Gasteiger partial charge in [0.2, 0.25) is 0 Å². The maximum absolute atomic E-state index is 5.95. The number of halogens is 3. The van der Waals surface area contributed by atoms with Gasteiger partial charge in [-0.3, -0.25) is 0 Å². The molecule has 0 amide bonds. The number of benzene rings is 1. The molecule has 98 valence electrons. The van der Waals surface area contributed by atoms with Crippen molar-refractivity contribution in [2.45, 2.75) is 24.7 Å². The molecule has 0 spiro atoms. The van der Waals surface area contributed by atoms with Crippen molar-refractivity contribution in [1.82, 2.24) is 0 Å². The number of oxime groups is 1. The number of rotatable bonds is 3. The van der Waals surface area contributed by atoms with Gasteiger partial charge in [0.05, 0.1) is 5.88 Å². The molecular formula is C12H12Cl3NOS. The summed E-state index contributed by atoms with van der Waals surface area (Å²) in [4.78, 5) is 5.32. The first kappa shape index (κ1) is 14.3. The van der Waals surface area contributed by atoms with Crippen LogP contribution in [0.3, 0.4) is 0 Å². The Morgan fingerprint density at radius 1 is 1.33 bits per heavy atom. The first-order valence-corrected chi connectivity index (χ1v) is 7.67. The van der Waals surface area contributed by atoms with E-state index in [2.05, 4.69) is 5.16 Å². The number of thioether (sulfide) groups is 1. The molecule has 0 saturated carbocycles. The second kappa shape index (κ2) is 5.91. The average Bonchev–Trinajstić information content (AvgIpc) is 2.68. The highest BCUT2D eigenvalue weighted by Crippen LogP contribution is 2.31. The minimum atomic E-state index is -0.365. The monoisotopic (exact) mass is 323 g/mol. The Bertz CT molecular complexity index is 460. The molecule has 18 heavy (non-hydrogen) atoms. The molecule has 2 rings (SSSR count). The van der Waals surface area contributed by atoms with Crippen molar-refractivity contribution in [2.24, 2.45) is 5.16 Å². The van der Waals surface area contributed by atoms with E-state index in [0.29, 0.717) is 15.9 Å². The Labute approximate surface area is 126 Å². The summed E-state index contributed by atoms with van der Waals surface area (Å²) in [5.74, 6) is 1.20. The first-order chi connectivity index (χ1) is 8.50. The van der Waals surface area contributed by atoms with E-state index in [1.54, 1.807) is 17.8 Å². The minimum absolute atomic E-state index is 0.365. The summed E-state index contributed by atoms with van der Waals surface area (Å²) < 4.78 is 0. The molecule has 0 aliphatic carbocycles. The van der Waals surface area contributed by atoms with E-state index in [-0.39, 0.29) is 5.60 Å². The van der Waals surface area contributed by atoms with Crippen molar-refractivity contribution < 1.29 is 4.84 Å². The van der Waals surface area contributed by atoms with Crippen molar-refractivity contribution >= 4 is 51.6 Å². The van der Waals surface area contributed by atoms with Crippen molar-refractivity contribution in [2.75, 3.05) is 5.88 Å². The van der Waals surface area contributed by atoms with Crippen LogP contribution in [0.2, 0.25) is 10.0 Å². The molecule has 0 bridgehead atoms. The number of hydrogen-bond donors (Lipinski definition) is 0. The van der Waals surface area contributed by atoms with Crippen LogP contribution in [0.1, 0.15) is 18.9 Å². The molecule has 6 heteroatoms. The largest absolute Gasteiger partial charge is 0.387 e. The molecule has 0 N–H and O–H groups in total. The summed E-state index contributed by atoms with van der Waals surface area (Å²) in [5.41, 5.74) is 0.704. The Kier molecular flexibility index (Phi) is 4.70. The van der Waals surface area contributed by atoms with E-state index in [0.717, 1.165) is 22.8 Å². The van der Waals surface area contributed by atoms with Crippen molar-refractivity contribution in [3.8, 4) is 0 Å². The molecule has 1 aliphatic rings. The lowest BCUT2D eigenvalue weighted by Gasteiger charge is -2.16. The number of nitrogens with zero attached hydrogens (tertiary/aromatic N) is 1. The fourth-order valence-electron chi connectivity index (χ4n) is 1.56. The van der Waals surface area contributed by atoms with Gasteiger partial charge < -0.3 is 4.84 Å². The Morgan fingerprint density at radius 3 is 2.56 bits per heavy atom. The zero-order chi connectivity index (χ0) is 13.2. The summed E-state index contributed by atoms with van der Waals surface area (Å²) in [6.45, 7) is 1.95. The number of hydrogen-bond acceptors (Lipinski definition) is 3. The zero-order valence-corrected chi connectivity index (χ0v) is 12.8. The van der Waals surface area contributed by atoms with Crippen molar-refractivity contribution in [3.63, 3.8) is 0 Å². The van der Waals surface area contributed by atoms with Gasteiger partial charge in [0.25, 0.3) is 0 Å². The van der Waals surface area contributed by atoms with Gasteiger partial charge in [-0.25, -0.2) is 0 Å². The fourth-order valence-corrected chi connectivity index (χ4v) is 3.27. The van der Waals surface area contributed by atoms with Crippen LogP contribution < -0.4 is 0 Å². The normalized spacial score (nSPS) is 22.8. The summed E-state index contributed by atoms with van der Waals surface area (Å²) >= 11 is 19.3. The molecule has 1 unspecified atom stereocenters. The smallest absolute Gasteiger partial charge is 0.154 e. The minimum Gasteiger partial charge on any atom is -0.387 e. The predicted molar refractivity (Wildman–Crippen MR) is 80.0 cm³/mol. The fraction of sp³-hybridized carbons (Fsp3) is 0.417. The summed E-state index contributed by atoms with van der Waals surface area (Å²) in [6, 6.07) is 5.52. The van der Waals surface area contributed by atoms with E-state index in [1.165, 1.54) is 0 Å². The van der Waals surface area contributed by atoms with E-state index in [1.807, 2.05) is 19.1 Å². The van der Waals surface area contributed by atoms with E-state index < -0.39 is 0 Å². The maximum atomic E-state index is 5.95. The van der Waals surface area contributed by atoms with Gasteiger partial charge in [-0.05, 0) is 30.7 Å². The zero-order valence-electron chi connectivity index (χ0n) is 9.75. The number of alkyl halides is 1. The summed E-state index contributed by atoms with van der Waals surface area (Å²) in [5, 5.41) is 6.30. The standard InChI is InChI=1S/C12H12Cl3NOS/c1-12(7-13)5-11(16-17-12)18-6-8-2-9(14)4-10(15)3-8/h2-4H,5-7H2,1H3. The van der Waals surface area contributed by atoms with Gasteiger partial charge in [-0.1, -0.05) is 28.4 Å². The Balaban J connectivity index is 1.93. The van der Waals surface area contributed by atoms with Gasteiger partial charge in [-0.15, -0.1) is 23.4 Å². The first-order valence-electron chi connectivity index (χ1n) is 5.39. The summed E-state index contributed by atoms with van der Waals surface area (Å²) in [7, 11) is 0. The quantitative estimate of drug-likeness (QED) is 0.733. The molecule has 1 atom stereocenters. The van der Waals surface area contributed by atoms with Crippen LogP contribution >= 0.6 is 46.6 Å². The molecular weight excluding hydrogens is 313 g/mol. The Morgan fingerprint density at radius 2 is 2.00 bits per heavy atom. The van der Waals surface area contributed by atoms with Crippen LogP contribution in [0.25, 0.3) is 0 Å². The van der Waals surface area contributed by atoms with Gasteiger partial charge in [0.1, 0.15) is 5.04 Å². The Hall–Kier alpha value is -0.0900. The molecule has 0 fully saturated rings. The lowest BCUT2D eigenvalue weighted by atomic mass is 10.1. The van der Waals surface area contributed by atoms with Crippen molar-refractivity contribution in [1.29, 1.82) is 0 Å². The predicted octanol–water partition coefficient (Wildman–Crippen LogP) is 4.96. The van der Waals surface area contributed by atoms with Crippen LogP contribution in [0.15, 0.2) is 23.4 Å². The third kappa shape index (κ3) is 3.70. The molecule has 2 nitrogen and oxygen atoms in total. The van der Waals surface area contributed by atoms with Gasteiger partial charge in [0, 0.05) is 22.2 Å². The second-order valence-electron chi connectivity index (χ2n) is 4.40. The van der Waals surface area contributed by atoms with E-state index in [9.17, 15) is 0 Å². The van der Waals surface area contributed by atoms with Gasteiger partial charge in [0.15, 0.2) is 5.60 Å². The van der Waals surface area contributed by atoms with Crippen LogP contribution in [0.4, 0.5) is 0 Å². The molecule has 0 aromatic heterocycles. The average molecular weight is 325 g/mol. The molecule has 1 aliphatic heterocycles. The van der Waals surface area contributed by atoms with Gasteiger partial charge >= 0.3 is 0 Å². The van der Waals surface area contributed by atoms with E-state index >= 15 is 0 Å². The SMILES string of the molecule is CC1(CCl)CC(SCc2cc(Cl)cc(Cl)c2)=NO1.